The third-order valence-corrected chi connectivity index (χ3v) is 3.84. The van der Waals surface area contributed by atoms with Crippen molar-refractivity contribution in [2.75, 3.05) is 19.8 Å². The van der Waals surface area contributed by atoms with Gasteiger partial charge in [0.05, 0.1) is 6.04 Å². The summed E-state index contributed by atoms with van der Waals surface area (Å²) in [4.78, 5) is 14.0. The molecule has 1 N–H and O–H groups in total. The average molecular weight is 339 g/mol. The van der Waals surface area contributed by atoms with Crippen molar-refractivity contribution in [2.45, 2.75) is 51.7 Å². The standard InChI is InChI=1S/C18H26FNO4/c1-18(2,3)24-17(22)20-9-4-5-15(20)12-23-16-7-6-14(19)11-13(16)8-10-21/h6-7,11,15,21H,4-5,8-10,12H2,1-3H3/t15-/m0/s1. The van der Waals surface area contributed by atoms with E-state index in [0.29, 0.717) is 30.9 Å². The van der Waals surface area contributed by atoms with Gasteiger partial charge in [-0.3, -0.25) is 0 Å². The quantitative estimate of drug-likeness (QED) is 0.895. The number of carbonyl (C=O) groups excluding carboxylic acids is 1. The monoisotopic (exact) mass is 339 g/mol. The van der Waals surface area contributed by atoms with Crippen LogP contribution in [0.1, 0.15) is 39.2 Å². The Morgan fingerprint density at radius 2 is 2.17 bits per heavy atom. The fourth-order valence-corrected chi connectivity index (χ4v) is 2.76. The number of hydrogen-bond acceptors (Lipinski definition) is 4. The van der Waals surface area contributed by atoms with Gasteiger partial charge in [-0.1, -0.05) is 0 Å². The van der Waals surface area contributed by atoms with Crippen molar-refractivity contribution in [2.24, 2.45) is 0 Å². The molecule has 0 radical (unpaired) electrons. The highest BCUT2D eigenvalue weighted by atomic mass is 19.1. The van der Waals surface area contributed by atoms with Crippen LogP contribution in [-0.4, -0.2) is 47.5 Å². The van der Waals surface area contributed by atoms with Gasteiger partial charge in [0.15, 0.2) is 0 Å². The summed E-state index contributed by atoms with van der Waals surface area (Å²) in [6.07, 6.45) is 1.74. The molecule has 0 saturated carbocycles. The zero-order valence-electron chi connectivity index (χ0n) is 14.5. The Balaban J connectivity index is 1.99. The van der Waals surface area contributed by atoms with Crippen LogP contribution in [0.2, 0.25) is 0 Å². The highest BCUT2D eigenvalue weighted by molar-refractivity contribution is 5.69. The number of aliphatic hydroxyl groups is 1. The Hall–Kier alpha value is -1.82. The molecular weight excluding hydrogens is 313 g/mol. The molecule has 1 atom stereocenters. The van der Waals surface area contributed by atoms with Gasteiger partial charge >= 0.3 is 6.09 Å². The smallest absolute Gasteiger partial charge is 0.410 e. The number of halogens is 1. The Morgan fingerprint density at radius 3 is 2.83 bits per heavy atom. The van der Waals surface area contributed by atoms with Crippen molar-refractivity contribution >= 4 is 6.09 Å². The van der Waals surface area contributed by atoms with Crippen molar-refractivity contribution in [1.29, 1.82) is 0 Å². The third kappa shape index (κ3) is 5.09. The van der Waals surface area contributed by atoms with Crippen LogP contribution in [-0.2, 0) is 11.2 Å². The number of benzene rings is 1. The van der Waals surface area contributed by atoms with Gasteiger partial charge in [-0.15, -0.1) is 0 Å². The van der Waals surface area contributed by atoms with Crippen molar-refractivity contribution in [3.05, 3.63) is 29.6 Å². The summed E-state index contributed by atoms with van der Waals surface area (Å²) in [5.74, 6) is 0.184. The van der Waals surface area contributed by atoms with Crippen LogP contribution >= 0.6 is 0 Å². The minimum absolute atomic E-state index is 0.0631. The van der Waals surface area contributed by atoms with Crippen molar-refractivity contribution in [1.82, 2.24) is 4.90 Å². The van der Waals surface area contributed by atoms with Crippen molar-refractivity contribution < 1.29 is 23.8 Å². The first-order chi connectivity index (χ1) is 11.3. The lowest BCUT2D eigenvalue weighted by Gasteiger charge is -2.28. The summed E-state index contributed by atoms with van der Waals surface area (Å²) in [5.41, 5.74) is 0.0929. The van der Waals surface area contributed by atoms with Gasteiger partial charge in [-0.25, -0.2) is 9.18 Å². The van der Waals surface area contributed by atoms with Crippen molar-refractivity contribution in [3.63, 3.8) is 0 Å². The maximum atomic E-state index is 13.3. The number of amides is 1. The summed E-state index contributed by atoms with van der Waals surface area (Å²) < 4.78 is 24.6. The van der Waals surface area contributed by atoms with E-state index in [4.69, 9.17) is 14.6 Å². The predicted octanol–water partition coefficient (Wildman–Crippen LogP) is 3.14. The van der Waals surface area contributed by atoms with E-state index in [9.17, 15) is 9.18 Å². The van der Waals surface area contributed by atoms with E-state index < -0.39 is 5.60 Å². The maximum Gasteiger partial charge on any atom is 0.410 e. The molecule has 0 aliphatic carbocycles. The van der Waals surface area contributed by atoms with Gasteiger partial charge in [0.2, 0.25) is 0 Å². The Morgan fingerprint density at radius 1 is 1.42 bits per heavy atom. The normalized spacial score (nSPS) is 17.9. The Labute approximate surface area is 142 Å². The number of hydrogen-bond donors (Lipinski definition) is 1. The fraction of sp³-hybridized carbons (Fsp3) is 0.611. The molecule has 1 heterocycles. The number of nitrogens with zero attached hydrogens (tertiary/aromatic N) is 1. The molecule has 0 aromatic heterocycles. The highest BCUT2D eigenvalue weighted by Crippen LogP contribution is 2.24. The molecule has 1 fully saturated rings. The van der Waals surface area contributed by atoms with Crippen molar-refractivity contribution in [3.8, 4) is 5.75 Å². The second-order valence-electron chi connectivity index (χ2n) is 7.01. The molecule has 134 valence electrons. The molecule has 1 aromatic carbocycles. The summed E-state index contributed by atoms with van der Waals surface area (Å²) >= 11 is 0. The van der Waals surface area contributed by atoms with Gasteiger partial charge in [-0.05, 0) is 63.8 Å². The number of carbonyl (C=O) groups is 1. The third-order valence-electron chi connectivity index (χ3n) is 3.84. The SMILES string of the molecule is CC(C)(C)OC(=O)N1CCC[C@H]1COc1ccc(F)cc1CCO. The molecule has 0 spiro atoms. The van der Waals surface area contributed by atoms with Gasteiger partial charge in [0, 0.05) is 13.2 Å². The van der Waals surface area contributed by atoms with Crippen LogP contribution in [0.25, 0.3) is 0 Å². The van der Waals surface area contributed by atoms with Crippen LogP contribution in [0.5, 0.6) is 5.75 Å². The van der Waals surface area contributed by atoms with E-state index in [0.717, 1.165) is 12.8 Å². The topological polar surface area (TPSA) is 59.0 Å². The van der Waals surface area contributed by atoms with Crippen LogP contribution in [0.4, 0.5) is 9.18 Å². The Bertz CT molecular complexity index is 571. The minimum atomic E-state index is -0.531. The van der Waals surface area contributed by atoms with E-state index in [1.54, 1.807) is 11.0 Å². The maximum absolute atomic E-state index is 13.3. The Kier molecular flexibility index (Phi) is 6.04. The largest absolute Gasteiger partial charge is 0.491 e. The van der Waals surface area contributed by atoms with Gasteiger partial charge in [-0.2, -0.15) is 0 Å². The molecule has 6 heteroatoms. The molecule has 0 unspecified atom stereocenters. The molecule has 5 nitrogen and oxygen atoms in total. The second kappa shape index (κ2) is 7.83. The first-order valence-electron chi connectivity index (χ1n) is 8.32. The number of rotatable bonds is 5. The van der Waals surface area contributed by atoms with Crippen LogP contribution < -0.4 is 4.74 Å². The molecule has 24 heavy (non-hydrogen) atoms. The summed E-state index contributed by atoms with van der Waals surface area (Å²) in [7, 11) is 0. The van der Waals surface area contributed by atoms with E-state index in [2.05, 4.69) is 0 Å². The number of likely N-dealkylation sites (tertiary alicyclic amines) is 1. The van der Waals surface area contributed by atoms with E-state index in [-0.39, 0.29) is 24.6 Å². The molecule has 0 bridgehead atoms. The summed E-state index contributed by atoms with van der Waals surface area (Å²) in [6.45, 7) is 6.41. The lowest BCUT2D eigenvalue weighted by Crippen LogP contribution is -2.42. The zero-order chi connectivity index (χ0) is 17.7. The first-order valence-corrected chi connectivity index (χ1v) is 8.32. The molecular formula is C18H26FNO4. The van der Waals surface area contributed by atoms with E-state index in [1.165, 1.54) is 12.1 Å². The second-order valence-corrected chi connectivity index (χ2v) is 7.01. The predicted molar refractivity (Wildman–Crippen MR) is 88.6 cm³/mol. The molecule has 1 aliphatic rings. The molecule has 1 aliphatic heterocycles. The highest BCUT2D eigenvalue weighted by Gasteiger charge is 2.32. The lowest BCUT2D eigenvalue weighted by molar-refractivity contribution is 0.0187. The minimum Gasteiger partial charge on any atom is -0.491 e. The number of ether oxygens (including phenoxy) is 2. The zero-order valence-corrected chi connectivity index (χ0v) is 14.5. The van der Waals surface area contributed by atoms with Crippen LogP contribution in [0, 0.1) is 5.82 Å². The first kappa shape index (κ1) is 18.5. The molecule has 1 aromatic rings. The summed E-state index contributed by atoms with van der Waals surface area (Å²) in [6, 6.07) is 4.20. The van der Waals surface area contributed by atoms with Crippen LogP contribution in [0.3, 0.4) is 0 Å². The van der Waals surface area contributed by atoms with Gasteiger partial charge in [0.1, 0.15) is 23.8 Å². The van der Waals surface area contributed by atoms with E-state index >= 15 is 0 Å². The molecule has 1 amide bonds. The molecule has 2 rings (SSSR count). The summed E-state index contributed by atoms with van der Waals surface area (Å²) in [5, 5.41) is 9.09. The van der Waals surface area contributed by atoms with Gasteiger partial charge in [0.25, 0.3) is 0 Å². The van der Waals surface area contributed by atoms with Gasteiger partial charge < -0.3 is 19.5 Å². The van der Waals surface area contributed by atoms with E-state index in [1.807, 2.05) is 20.8 Å². The number of aliphatic hydroxyl groups excluding tert-OH is 1. The molecule has 1 saturated heterocycles. The average Bonchev–Trinajstić information content (AvgIpc) is 2.93. The lowest BCUT2D eigenvalue weighted by atomic mass is 10.1. The fourth-order valence-electron chi connectivity index (χ4n) is 2.76. The van der Waals surface area contributed by atoms with Crippen LogP contribution in [0.15, 0.2) is 18.2 Å².